The second kappa shape index (κ2) is 13.1. The molecule has 7 heteroatoms. The molecule has 0 fully saturated rings. The highest BCUT2D eigenvalue weighted by Gasteiger charge is 2.00. The van der Waals surface area contributed by atoms with Gasteiger partial charge in [0.15, 0.2) is 0 Å². The fourth-order valence-electron chi connectivity index (χ4n) is 1.28. The summed E-state index contributed by atoms with van der Waals surface area (Å²) in [6.07, 6.45) is 2.23. The maximum absolute atomic E-state index is 11.2. The number of unbranched alkanes of at least 4 members (excludes halogenated alkanes) is 1. The van der Waals surface area contributed by atoms with Crippen molar-refractivity contribution < 1.29 is 24.2 Å². The Kier molecular flexibility index (Phi) is 12.2. The number of ether oxygens (including phenoxy) is 2. The first-order chi connectivity index (χ1) is 9.16. The van der Waals surface area contributed by atoms with Crippen LogP contribution in [-0.2, 0) is 14.3 Å². The summed E-state index contributed by atoms with van der Waals surface area (Å²) in [6.45, 7) is 2.80. The number of carboxylic acids is 1. The summed E-state index contributed by atoms with van der Waals surface area (Å²) in [5, 5.41) is 13.7. The Balaban J connectivity index is 3.18. The van der Waals surface area contributed by atoms with Crippen LogP contribution in [0.1, 0.15) is 25.7 Å². The van der Waals surface area contributed by atoms with Crippen LogP contribution < -0.4 is 10.6 Å². The Morgan fingerprint density at radius 2 is 1.68 bits per heavy atom. The van der Waals surface area contributed by atoms with E-state index in [1.54, 1.807) is 7.11 Å². The molecular formula is C12H24N2O5. The van der Waals surface area contributed by atoms with Gasteiger partial charge in [0, 0.05) is 33.2 Å². The minimum Gasteiger partial charge on any atom is -0.481 e. The van der Waals surface area contributed by atoms with Gasteiger partial charge in [-0.2, -0.15) is 0 Å². The fraction of sp³-hybridized carbons (Fsp3) is 0.833. The maximum Gasteiger partial charge on any atom is 0.314 e. The number of hydrogen-bond donors (Lipinski definition) is 3. The molecule has 0 bridgehead atoms. The molecule has 0 unspecified atom stereocenters. The second-order valence-electron chi connectivity index (χ2n) is 3.99. The van der Waals surface area contributed by atoms with Gasteiger partial charge in [-0.05, 0) is 19.3 Å². The Morgan fingerprint density at radius 1 is 1.00 bits per heavy atom. The number of amides is 2. The first-order valence-corrected chi connectivity index (χ1v) is 6.47. The van der Waals surface area contributed by atoms with Crippen LogP contribution in [0.2, 0.25) is 0 Å². The van der Waals surface area contributed by atoms with Crippen molar-refractivity contribution in [2.45, 2.75) is 25.7 Å². The molecule has 0 aromatic rings. The van der Waals surface area contributed by atoms with Crippen LogP contribution in [0.15, 0.2) is 0 Å². The van der Waals surface area contributed by atoms with Crippen molar-refractivity contribution in [3.8, 4) is 0 Å². The van der Waals surface area contributed by atoms with Crippen molar-refractivity contribution in [1.82, 2.24) is 10.6 Å². The smallest absolute Gasteiger partial charge is 0.314 e. The van der Waals surface area contributed by atoms with Gasteiger partial charge in [-0.15, -0.1) is 0 Å². The molecule has 0 aliphatic heterocycles. The molecular weight excluding hydrogens is 252 g/mol. The molecule has 112 valence electrons. The third-order valence-corrected chi connectivity index (χ3v) is 2.29. The van der Waals surface area contributed by atoms with Crippen LogP contribution >= 0.6 is 0 Å². The molecule has 0 heterocycles. The normalized spacial score (nSPS) is 10.2. The van der Waals surface area contributed by atoms with Crippen LogP contribution in [0.3, 0.4) is 0 Å². The zero-order valence-corrected chi connectivity index (χ0v) is 11.4. The van der Waals surface area contributed by atoms with Gasteiger partial charge in [0.05, 0.1) is 13.2 Å². The Hall–Kier alpha value is -1.34. The van der Waals surface area contributed by atoms with E-state index in [9.17, 15) is 9.59 Å². The van der Waals surface area contributed by atoms with E-state index in [1.807, 2.05) is 0 Å². The van der Waals surface area contributed by atoms with Crippen molar-refractivity contribution in [3.63, 3.8) is 0 Å². The minimum absolute atomic E-state index is 0.0685. The summed E-state index contributed by atoms with van der Waals surface area (Å²) < 4.78 is 10.1. The first-order valence-electron chi connectivity index (χ1n) is 6.47. The lowest BCUT2D eigenvalue weighted by Crippen LogP contribution is -2.36. The number of hydrogen-bond acceptors (Lipinski definition) is 4. The van der Waals surface area contributed by atoms with Gasteiger partial charge < -0.3 is 25.2 Å². The zero-order valence-electron chi connectivity index (χ0n) is 11.4. The molecule has 0 aromatic heterocycles. The zero-order chi connectivity index (χ0) is 14.3. The Labute approximate surface area is 113 Å². The van der Waals surface area contributed by atoms with Crippen molar-refractivity contribution in [2.75, 3.05) is 40.0 Å². The highest BCUT2D eigenvalue weighted by atomic mass is 16.5. The van der Waals surface area contributed by atoms with E-state index < -0.39 is 5.97 Å². The van der Waals surface area contributed by atoms with Crippen molar-refractivity contribution in [1.29, 1.82) is 0 Å². The van der Waals surface area contributed by atoms with Crippen molar-refractivity contribution >= 4 is 12.0 Å². The number of methoxy groups -OCH3 is 1. The predicted octanol–water partition coefficient (Wildman–Crippen LogP) is 0.594. The second-order valence-corrected chi connectivity index (χ2v) is 3.99. The van der Waals surface area contributed by atoms with E-state index in [2.05, 4.69) is 10.6 Å². The van der Waals surface area contributed by atoms with Gasteiger partial charge in [-0.3, -0.25) is 4.79 Å². The molecule has 19 heavy (non-hydrogen) atoms. The minimum atomic E-state index is -0.851. The van der Waals surface area contributed by atoms with E-state index in [4.69, 9.17) is 14.6 Å². The van der Waals surface area contributed by atoms with Gasteiger partial charge in [0.2, 0.25) is 0 Å². The number of aliphatic carboxylic acids is 1. The fourth-order valence-corrected chi connectivity index (χ4v) is 1.28. The highest BCUT2D eigenvalue weighted by molar-refractivity contribution is 5.73. The molecule has 0 rings (SSSR count). The molecule has 0 aromatic carbocycles. The first kappa shape index (κ1) is 17.7. The largest absolute Gasteiger partial charge is 0.481 e. The maximum atomic E-state index is 11.2. The summed E-state index contributed by atoms with van der Waals surface area (Å²) >= 11 is 0. The summed E-state index contributed by atoms with van der Waals surface area (Å²) in [5.41, 5.74) is 0. The number of carbonyl (C=O) groups is 2. The van der Waals surface area contributed by atoms with E-state index in [0.717, 1.165) is 12.8 Å². The number of nitrogens with one attached hydrogen (secondary N) is 2. The topological polar surface area (TPSA) is 96.9 Å². The van der Waals surface area contributed by atoms with Crippen LogP contribution in [0, 0.1) is 0 Å². The van der Waals surface area contributed by atoms with Crippen LogP contribution in [0.25, 0.3) is 0 Å². The van der Waals surface area contributed by atoms with Crippen LogP contribution in [-0.4, -0.2) is 57.1 Å². The molecule has 0 radical (unpaired) electrons. The van der Waals surface area contributed by atoms with Gasteiger partial charge >= 0.3 is 12.0 Å². The standard InChI is InChI=1S/C12H24N2O5/c1-18-9-10-19-8-3-2-6-13-12(17)14-7-4-5-11(15)16/h2-10H2,1H3,(H,15,16)(H2,13,14,17). The number of carbonyl (C=O) groups excluding carboxylic acids is 1. The molecule has 7 nitrogen and oxygen atoms in total. The lowest BCUT2D eigenvalue weighted by molar-refractivity contribution is -0.137. The lowest BCUT2D eigenvalue weighted by atomic mass is 10.3. The number of rotatable bonds is 12. The molecule has 3 N–H and O–H groups in total. The summed E-state index contributed by atoms with van der Waals surface area (Å²) in [6, 6.07) is -0.259. The van der Waals surface area contributed by atoms with E-state index in [1.165, 1.54) is 0 Å². The Bertz CT molecular complexity index is 248. The van der Waals surface area contributed by atoms with Gasteiger partial charge in [0.1, 0.15) is 0 Å². The molecule has 2 amide bonds. The van der Waals surface area contributed by atoms with Crippen LogP contribution in [0.5, 0.6) is 0 Å². The lowest BCUT2D eigenvalue weighted by Gasteiger charge is -2.07. The Morgan fingerprint density at radius 3 is 2.32 bits per heavy atom. The van der Waals surface area contributed by atoms with E-state index >= 15 is 0 Å². The molecule has 0 aliphatic rings. The molecule has 0 spiro atoms. The molecule has 0 saturated heterocycles. The van der Waals surface area contributed by atoms with Gasteiger partial charge in [0.25, 0.3) is 0 Å². The van der Waals surface area contributed by atoms with Crippen molar-refractivity contribution in [3.05, 3.63) is 0 Å². The number of carboxylic acid groups (broad SMARTS) is 1. The SMILES string of the molecule is COCCOCCCCNC(=O)NCCCC(=O)O. The van der Waals surface area contributed by atoms with Gasteiger partial charge in [-0.25, -0.2) is 4.79 Å². The summed E-state index contributed by atoms with van der Waals surface area (Å²) in [7, 11) is 1.63. The molecule has 0 aliphatic carbocycles. The van der Waals surface area contributed by atoms with Crippen molar-refractivity contribution in [2.24, 2.45) is 0 Å². The third kappa shape index (κ3) is 14.6. The average molecular weight is 276 g/mol. The summed E-state index contributed by atoms with van der Waals surface area (Å²) in [5.74, 6) is -0.851. The number of urea groups is 1. The molecule has 0 saturated carbocycles. The van der Waals surface area contributed by atoms with E-state index in [-0.39, 0.29) is 12.5 Å². The van der Waals surface area contributed by atoms with E-state index in [0.29, 0.717) is 39.3 Å². The monoisotopic (exact) mass is 276 g/mol. The predicted molar refractivity (Wildman–Crippen MR) is 70.2 cm³/mol. The highest BCUT2D eigenvalue weighted by Crippen LogP contribution is 1.89. The molecule has 0 atom stereocenters. The summed E-state index contributed by atoms with van der Waals surface area (Å²) in [4.78, 5) is 21.5. The average Bonchev–Trinajstić information content (AvgIpc) is 2.37. The van der Waals surface area contributed by atoms with Gasteiger partial charge in [-0.1, -0.05) is 0 Å². The quantitative estimate of drug-likeness (QED) is 0.453. The third-order valence-electron chi connectivity index (χ3n) is 2.29. The van der Waals surface area contributed by atoms with Crippen LogP contribution in [0.4, 0.5) is 4.79 Å².